The highest BCUT2D eigenvalue weighted by Gasteiger charge is 2.30. The number of benzene rings is 1. The van der Waals surface area contributed by atoms with Crippen LogP contribution in [0.5, 0.6) is 11.5 Å². The van der Waals surface area contributed by atoms with Crippen LogP contribution in [-0.4, -0.2) is 56.8 Å². The van der Waals surface area contributed by atoms with Crippen LogP contribution in [0.3, 0.4) is 0 Å². The molecule has 2 rings (SSSR count). The van der Waals surface area contributed by atoms with Crippen molar-refractivity contribution in [2.45, 2.75) is 25.9 Å². The lowest BCUT2D eigenvalue weighted by atomic mass is 10.0. The fraction of sp³-hybridized carbons (Fsp3) is 0.500. The highest BCUT2D eigenvalue weighted by molar-refractivity contribution is 5.72. The summed E-state index contributed by atoms with van der Waals surface area (Å²) in [4.78, 5) is 25.2. The summed E-state index contributed by atoms with van der Waals surface area (Å²) in [5.41, 5.74) is 1.33. The first-order valence-electron chi connectivity index (χ1n) is 8.22. The van der Waals surface area contributed by atoms with Crippen LogP contribution in [0.25, 0.3) is 0 Å². The van der Waals surface area contributed by atoms with E-state index in [0.29, 0.717) is 43.4 Å². The van der Waals surface area contributed by atoms with Crippen molar-refractivity contribution in [3.8, 4) is 11.5 Å². The molecule has 0 radical (unpaired) electrons. The molecule has 0 aromatic heterocycles. The summed E-state index contributed by atoms with van der Waals surface area (Å²) in [5, 5.41) is 3.02. The molecular weight excluding hydrogens is 324 g/mol. The van der Waals surface area contributed by atoms with E-state index in [9.17, 15) is 9.59 Å². The molecule has 0 spiro atoms. The van der Waals surface area contributed by atoms with Gasteiger partial charge in [0.1, 0.15) is 23.1 Å². The number of rotatable bonds is 7. The SMILES string of the molecule is CCOC(=O)CC1C(=C=O)NCCN1Cc1ccc(OC)cc1OC. The molecule has 0 aliphatic carbocycles. The molecule has 25 heavy (non-hydrogen) atoms. The van der Waals surface area contributed by atoms with Crippen molar-refractivity contribution in [1.82, 2.24) is 10.2 Å². The monoisotopic (exact) mass is 348 g/mol. The van der Waals surface area contributed by atoms with Crippen LogP contribution in [-0.2, 0) is 20.9 Å². The van der Waals surface area contributed by atoms with E-state index in [0.717, 1.165) is 5.56 Å². The van der Waals surface area contributed by atoms with Crippen molar-refractivity contribution >= 4 is 11.9 Å². The quantitative estimate of drug-likeness (QED) is 0.585. The zero-order chi connectivity index (χ0) is 18.2. The Bertz CT molecular complexity index is 655. The summed E-state index contributed by atoms with van der Waals surface area (Å²) < 4.78 is 15.7. The third-order valence-corrected chi connectivity index (χ3v) is 4.13. The van der Waals surface area contributed by atoms with Gasteiger partial charge in [0.15, 0.2) is 0 Å². The van der Waals surface area contributed by atoms with Crippen molar-refractivity contribution in [1.29, 1.82) is 0 Å². The average Bonchev–Trinajstić information content (AvgIpc) is 2.63. The second-order valence-electron chi connectivity index (χ2n) is 5.62. The smallest absolute Gasteiger partial charge is 0.307 e. The Morgan fingerprint density at radius 2 is 2.16 bits per heavy atom. The molecule has 1 aliphatic rings. The maximum Gasteiger partial charge on any atom is 0.307 e. The molecule has 7 nitrogen and oxygen atoms in total. The predicted molar refractivity (Wildman–Crippen MR) is 92.2 cm³/mol. The van der Waals surface area contributed by atoms with Gasteiger partial charge < -0.3 is 19.5 Å². The van der Waals surface area contributed by atoms with Gasteiger partial charge in [-0.3, -0.25) is 9.69 Å². The number of carbonyl (C=O) groups excluding carboxylic acids is 2. The number of ether oxygens (including phenoxy) is 3. The first-order chi connectivity index (χ1) is 12.1. The molecule has 1 saturated heterocycles. The van der Waals surface area contributed by atoms with Crippen LogP contribution in [0.2, 0.25) is 0 Å². The molecule has 0 bridgehead atoms. The third kappa shape index (κ3) is 4.75. The number of hydrogen-bond acceptors (Lipinski definition) is 7. The predicted octanol–water partition coefficient (Wildman–Crippen LogP) is 1.15. The van der Waals surface area contributed by atoms with Gasteiger partial charge >= 0.3 is 5.97 Å². The van der Waals surface area contributed by atoms with Gasteiger partial charge in [0.25, 0.3) is 0 Å². The van der Waals surface area contributed by atoms with Crippen LogP contribution in [0.15, 0.2) is 23.9 Å². The van der Waals surface area contributed by atoms with Crippen molar-refractivity contribution < 1.29 is 23.8 Å². The van der Waals surface area contributed by atoms with Gasteiger partial charge in [-0.1, -0.05) is 6.07 Å². The molecule has 1 heterocycles. The van der Waals surface area contributed by atoms with Crippen LogP contribution in [0.1, 0.15) is 18.9 Å². The van der Waals surface area contributed by atoms with Crippen LogP contribution in [0, 0.1) is 0 Å². The van der Waals surface area contributed by atoms with Crippen molar-refractivity contribution in [3.63, 3.8) is 0 Å². The normalized spacial score (nSPS) is 17.4. The minimum atomic E-state index is -0.392. The van der Waals surface area contributed by atoms with Crippen molar-refractivity contribution in [3.05, 3.63) is 29.5 Å². The molecule has 7 heteroatoms. The fourth-order valence-corrected chi connectivity index (χ4v) is 2.89. The molecule has 1 atom stereocenters. The molecule has 1 aromatic carbocycles. The standard InChI is InChI=1S/C18H24N2O5/c1-4-25-18(22)10-16-15(12-21)19-7-8-20(16)11-13-5-6-14(23-2)9-17(13)24-3/h5-6,9,16,19H,4,7-8,10-11H2,1-3H3. The average molecular weight is 348 g/mol. The maximum atomic E-state index is 11.9. The molecule has 0 saturated carbocycles. The van der Waals surface area contributed by atoms with Crippen LogP contribution < -0.4 is 14.8 Å². The Labute approximate surface area is 147 Å². The molecule has 1 aromatic rings. The van der Waals surface area contributed by atoms with Gasteiger partial charge in [0.05, 0.1) is 33.3 Å². The minimum absolute atomic E-state index is 0.101. The maximum absolute atomic E-state index is 11.9. The van der Waals surface area contributed by atoms with E-state index in [1.165, 1.54) is 0 Å². The van der Waals surface area contributed by atoms with E-state index in [1.807, 2.05) is 24.1 Å². The molecule has 1 N–H and O–H groups in total. The van der Waals surface area contributed by atoms with Crippen LogP contribution >= 0.6 is 0 Å². The van der Waals surface area contributed by atoms with Gasteiger partial charge in [0, 0.05) is 31.3 Å². The van der Waals surface area contributed by atoms with Crippen LogP contribution in [0.4, 0.5) is 0 Å². The Balaban J connectivity index is 2.22. The van der Waals surface area contributed by atoms with Gasteiger partial charge in [0.2, 0.25) is 0 Å². The van der Waals surface area contributed by atoms with E-state index in [2.05, 4.69) is 10.2 Å². The first-order valence-corrected chi connectivity index (χ1v) is 8.22. The molecule has 1 fully saturated rings. The molecule has 1 aliphatic heterocycles. The molecular formula is C18H24N2O5. The minimum Gasteiger partial charge on any atom is -0.497 e. The molecule has 1 unspecified atom stereocenters. The summed E-state index contributed by atoms with van der Waals surface area (Å²) >= 11 is 0. The Hall–Kier alpha value is -2.50. The second-order valence-corrected chi connectivity index (χ2v) is 5.62. The lowest BCUT2D eigenvalue weighted by Crippen LogP contribution is -2.50. The van der Waals surface area contributed by atoms with E-state index in [-0.39, 0.29) is 12.4 Å². The largest absolute Gasteiger partial charge is 0.497 e. The van der Waals surface area contributed by atoms with Crippen molar-refractivity contribution in [2.24, 2.45) is 0 Å². The highest BCUT2D eigenvalue weighted by atomic mass is 16.5. The van der Waals surface area contributed by atoms with E-state index in [4.69, 9.17) is 14.2 Å². The Morgan fingerprint density at radius 3 is 2.80 bits per heavy atom. The van der Waals surface area contributed by atoms with E-state index in [1.54, 1.807) is 21.1 Å². The Morgan fingerprint density at radius 1 is 1.36 bits per heavy atom. The second kappa shape index (κ2) is 9.11. The number of esters is 1. The molecule has 0 amide bonds. The fourth-order valence-electron chi connectivity index (χ4n) is 2.89. The van der Waals surface area contributed by atoms with Crippen molar-refractivity contribution in [2.75, 3.05) is 33.9 Å². The lowest BCUT2D eigenvalue weighted by molar-refractivity contribution is -0.144. The zero-order valence-electron chi connectivity index (χ0n) is 14.8. The van der Waals surface area contributed by atoms with Gasteiger partial charge in [-0.25, -0.2) is 4.79 Å². The summed E-state index contributed by atoms with van der Waals surface area (Å²) in [5.74, 6) is 2.99. The number of hydrogen-bond donors (Lipinski definition) is 1. The number of nitrogens with one attached hydrogen (secondary N) is 1. The zero-order valence-corrected chi connectivity index (χ0v) is 14.8. The summed E-state index contributed by atoms with van der Waals surface area (Å²) in [6.45, 7) is 3.90. The van der Waals surface area contributed by atoms with E-state index >= 15 is 0 Å². The summed E-state index contributed by atoms with van der Waals surface area (Å²) in [7, 11) is 3.20. The summed E-state index contributed by atoms with van der Waals surface area (Å²) in [6.07, 6.45) is 0.101. The van der Waals surface area contributed by atoms with E-state index < -0.39 is 6.04 Å². The Kier molecular flexibility index (Phi) is 6.86. The number of methoxy groups -OCH3 is 2. The third-order valence-electron chi connectivity index (χ3n) is 4.13. The highest BCUT2D eigenvalue weighted by Crippen LogP contribution is 2.27. The number of carbonyl (C=O) groups is 1. The van der Waals surface area contributed by atoms with Gasteiger partial charge in [-0.15, -0.1) is 0 Å². The molecule has 136 valence electrons. The summed E-state index contributed by atoms with van der Waals surface area (Å²) in [6, 6.07) is 5.20. The van der Waals surface area contributed by atoms with Gasteiger partial charge in [-0.05, 0) is 13.0 Å². The number of nitrogens with zero attached hydrogens (tertiary/aromatic N) is 1. The number of piperazine rings is 1. The van der Waals surface area contributed by atoms with Gasteiger partial charge in [-0.2, -0.15) is 0 Å². The topological polar surface area (TPSA) is 77.1 Å². The first kappa shape index (κ1) is 18.8. The lowest BCUT2D eigenvalue weighted by Gasteiger charge is -2.36.